The van der Waals surface area contributed by atoms with Crippen LogP contribution >= 0.6 is 15.9 Å². The van der Waals surface area contributed by atoms with E-state index < -0.39 is 11.7 Å². The van der Waals surface area contributed by atoms with Crippen LogP contribution < -0.4 is 11.1 Å². The van der Waals surface area contributed by atoms with E-state index in [4.69, 9.17) is 5.73 Å². The summed E-state index contributed by atoms with van der Waals surface area (Å²) in [6.45, 7) is 1.82. The summed E-state index contributed by atoms with van der Waals surface area (Å²) in [6.07, 6.45) is 0. The molecule has 2 aromatic rings. The Morgan fingerprint density at radius 2 is 2.05 bits per heavy atom. The van der Waals surface area contributed by atoms with Gasteiger partial charge in [-0.15, -0.1) is 0 Å². The SMILES string of the molecule is Cc1cc(N)ccc1NC(=O)c1c(F)cccc1Br. The average molecular weight is 323 g/mol. The highest BCUT2D eigenvalue weighted by molar-refractivity contribution is 9.10. The first-order chi connectivity index (χ1) is 8.99. The second-order valence-corrected chi connectivity index (χ2v) is 4.98. The number of halogens is 2. The molecule has 0 unspecified atom stereocenters. The molecule has 0 spiro atoms. The Morgan fingerprint density at radius 1 is 1.32 bits per heavy atom. The molecule has 0 saturated heterocycles. The molecule has 0 aromatic heterocycles. The average Bonchev–Trinajstić information content (AvgIpc) is 2.32. The van der Waals surface area contributed by atoms with E-state index in [1.807, 2.05) is 6.92 Å². The van der Waals surface area contributed by atoms with E-state index in [0.29, 0.717) is 15.8 Å². The minimum Gasteiger partial charge on any atom is -0.399 e. The lowest BCUT2D eigenvalue weighted by Gasteiger charge is -2.10. The number of hydrogen-bond donors (Lipinski definition) is 2. The van der Waals surface area contributed by atoms with Crippen molar-refractivity contribution in [3.63, 3.8) is 0 Å². The molecule has 3 N–H and O–H groups in total. The molecular weight excluding hydrogens is 311 g/mol. The number of hydrogen-bond acceptors (Lipinski definition) is 2. The minimum atomic E-state index is -0.569. The largest absolute Gasteiger partial charge is 0.399 e. The van der Waals surface area contributed by atoms with E-state index >= 15 is 0 Å². The molecule has 5 heteroatoms. The van der Waals surface area contributed by atoms with Gasteiger partial charge in [0.15, 0.2) is 0 Å². The van der Waals surface area contributed by atoms with Crippen molar-refractivity contribution >= 4 is 33.2 Å². The van der Waals surface area contributed by atoms with Gasteiger partial charge in [-0.1, -0.05) is 6.07 Å². The number of carbonyl (C=O) groups excluding carboxylic acids is 1. The Kier molecular flexibility index (Phi) is 3.85. The highest BCUT2D eigenvalue weighted by Gasteiger charge is 2.16. The lowest BCUT2D eigenvalue weighted by molar-refractivity contribution is 0.102. The molecule has 0 aliphatic carbocycles. The summed E-state index contributed by atoms with van der Waals surface area (Å²) >= 11 is 3.17. The van der Waals surface area contributed by atoms with Gasteiger partial charge in [0.2, 0.25) is 0 Å². The van der Waals surface area contributed by atoms with Crippen LogP contribution in [0.3, 0.4) is 0 Å². The van der Waals surface area contributed by atoms with Crippen molar-refractivity contribution in [3.8, 4) is 0 Å². The van der Waals surface area contributed by atoms with Gasteiger partial charge >= 0.3 is 0 Å². The van der Waals surface area contributed by atoms with E-state index in [2.05, 4.69) is 21.2 Å². The third-order valence-corrected chi connectivity index (χ3v) is 3.35. The van der Waals surface area contributed by atoms with Crippen LogP contribution in [0.2, 0.25) is 0 Å². The predicted octanol–water partition coefficient (Wildman–Crippen LogP) is 3.73. The smallest absolute Gasteiger partial charge is 0.259 e. The van der Waals surface area contributed by atoms with E-state index in [9.17, 15) is 9.18 Å². The minimum absolute atomic E-state index is 0.0151. The zero-order valence-corrected chi connectivity index (χ0v) is 11.8. The van der Waals surface area contributed by atoms with Gasteiger partial charge < -0.3 is 11.1 Å². The highest BCUT2D eigenvalue weighted by atomic mass is 79.9. The summed E-state index contributed by atoms with van der Waals surface area (Å²) < 4.78 is 14.1. The van der Waals surface area contributed by atoms with Crippen molar-refractivity contribution < 1.29 is 9.18 Å². The fourth-order valence-electron chi connectivity index (χ4n) is 1.73. The molecule has 0 bridgehead atoms. The lowest BCUT2D eigenvalue weighted by Crippen LogP contribution is -2.15. The van der Waals surface area contributed by atoms with Crippen molar-refractivity contribution in [2.45, 2.75) is 6.92 Å². The Balaban J connectivity index is 2.31. The molecule has 3 nitrogen and oxygen atoms in total. The standard InChI is InChI=1S/C14H12BrFN2O/c1-8-7-9(17)5-6-12(8)18-14(19)13-10(15)3-2-4-11(13)16/h2-7H,17H2,1H3,(H,18,19). The Labute approximate surface area is 118 Å². The number of rotatable bonds is 2. The molecular formula is C14H12BrFN2O. The van der Waals surface area contributed by atoms with Crippen LogP contribution in [0.1, 0.15) is 15.9 Å². The van der Waals surface area contributed by atoms with Crippen LogP contribution in [0, 0.1) is 12.7 Å². The van der Waals surface area contributed by atoms with Gasteiger partial charge in [0.1, 0.15) is 5.82 Å². The Morgan fingerprint density at radius 3 is 2.68 bits per heavy atom. The second-order valence-electron chi connectivity index (χ2n) is 4.13. The summed E-state index contributed by atoms with van der Waals surface area (Å²) in [5.74, 6) is -1.07. The molecule has 19 heavy (non-hydrogen) atoms. The predicted molar refractivity (Wildman–Crippen MR) is 77.6 cm³/mol. The topological polar surface area (TPSA) is 55.1 Å². The number of carbonyl (C=O) groups is 1. The van der Waals surface area contributed by atoms with Crippen LogP contribution in [0.25, 0.3) is 0 Å². The second kappa shape index (κ2) is 5.40. The molecule has 98 valence electrons. The third kappa shape index (κ3) is 2.93. The van der Waals surface area contributed by atoms with Gasteiger partial charge in [0, 0.05) is 15.8 Å². The van der Waals surface area contributed by atoms with Crippen molar-refractivity contribution in [1.29, 1.82) is 0 Å². The van der Waals surface area contributed by atoms with Crippen molar-refractivity contribution in [1.82, 2.24) is 0 Å². The number of nitrogens with two attached hydrogens (primary N) is 1. The molecule has 0 fully saturated rings. The molecule has 2 aromatic carbocycles. The number of anilines is 2. The maximum atomic E-state index is 13.7. The van der Waals surface area contributed by atoms with Crippen LogP contribution in [-0.4, -0.2) is 5.91 Å². The molecule has 0 heterocycles. The molecule has 2 rings (SSSR count). The molecule has 0 aliphatic rings. The van der Waals surface area contributed by atoms with Crippen LogP contribution in [0.15, 0.2) is 40.9 Å². The first kappa shape index (κ1) is 13.5. The zero-order chi connectivity index (χ0) is 14.0. The first-order valence-corrected chi connectivity index (χ1v) is 6.40. The summed E-state index contributed by atoms with van der Waals surface area (Å²) in [5.41, 5.74) is 7.66. The van der Waals surface area contributed by atoms with Gasteiger partial charge in [0.05, 0.1) is 5.56 Å². The van der Waals surface area contributed by atoms with Gasteiger partial charge in [-0.25, -0.2) is 4.39 Å². The Bertz CT molecular complexity index is 623. The molecule has 1 amide bonds. The number of nitrogens with one attached hydrogen (secondary N) is 1. The van der Waals surface area contributed by atoms with Crippen molar-refractivity contribution in [2.75, 3.05) is 11.1 Å². The number of aryl methyl sites for hydroxylation is 1. The lowest BCUT2D eigenvalue weighted by atomic mass is 10.1. The fourth-order valence-corrected chi connectivity index (χ4v) is 2.25. The molecule has 0 radical (unpaired) electrons. The molecule has 0 aliphatic heterocycles. The fraction of sp³-hybridized carbons (Fsp3) is 0.0714. The Hall–Kier alpha value is -1.88. The number of nitrogen functional groups attached to an aromatic ring is 1. The summed E-state index contributed by atoms with van der Waals surface area (Å²) in [4.78, 5) is 12.1. The van der Waals surface area contributed by atoms with E-state index in [1.165, 1.54) is 12.1 Å². The normalized spacial score (nSPS) is 10.3. The van der Waals surface area contributed by atoms with Gasteiger partial charge in [-0.05, 0) is 58.7 Å². The van der Waals surface area contributed by atoms with Crippen LogP contribution in [0.5, 0.6) is 0 Å². The van der Waals surface area contributed by atoms with Gasteiger partial charge in [-0.3, -0.25) is 4.79 Å². The van der Waals surface area contributed by atoms with Gasteiger partial charge in [-0.2, -0.15) is 0 Å². The quantitative estimate of drug-likeness (QED) is 0.828. The van der Waals surface area contributed by atoms with Crippen LogP contribution in [0.4, 0.5) is 15.8 Å². The van der Waals surface area contributed by atoms with Crippen molar-refractivity contribution in [2.24, 2.45) is 0 Å². The summed E-state index contributed by atoms with van der Waals surface area (Å²) in [6, 6.07) is 9.51. The highest BCUT2D eigenvalue weighted by Crippen LogP contribution is 2.23. The number of amides is 1. The maximum Gasteiger partial charge on any atom is 0.259 e. The maximum absolute atomic E-state index is 13.7. The zero-order valence-electron chi connectivity index (χ0n) is 10.2. The van der Waals surface area contributed by atoms with Gasteiger partial charge in [0.25, 0.3) is 5.91 Å². The number of benzene rings is 2. The molecule has 0 atom stereocenters. The summed E-state index contributed by atoms with van der Waals surface area (Å²) in [7, 11) is 0. The molecule has 0 saturated carbocycles. The van der Waals surface area contributed by atoms with E-state index in [0.717, 1.165) is 5.56 Å². The first-order valence-electron chi connectivity index (χ1n) is 5.60. The van der Waals surface area contributed by atoms with Crippen LogP contribution in [-0.2, 0) is 0 Å². The van der Waals surface area contributed by atoms with E-state index in [-0.39, 0.29) is 5.56 Å². The van der Waals surface area contributed by atoms with E-state index in [1.54, 1.807) is 24.3 Å². The monoisotopic (exact) mass is 322 g/mol. The third-order valence-electron chi connectivity index (χ3n) is 2.69. The summed E-state index contributed by atoms with van der Waals surface area (Å²) in [5, 5.41) is 2.67. The van der Waals surface area contributed by atoms with Crippen molar-refractivity contribution in [3.05, 3.63) is 57.8 Å².